The van der Waals surface area contributed by atoms with Crippen molar-refractivity contribution in [2.24, 2.45) is 5.92 Å². The number of hydrogen-bond donors (Lipinski definition) is 1. The van der Waals surface area contributed by atoms with Crippen molar-refractivity contribution in [2.75, 3.05) is 20.1 Å². The summed E-state index contributed by atoms with van der Waals surface area (Å²) in [7, 11) is -1.76. The van der Waals surface area contributed by atoms with E-state index in [1.165, 1.54) is 15.6 Å². The van der Waals surface area contributed by atoms with Gasteiger partial charge in [0, 0.05) is 25.0 Å². The normalized spacial score (nSPS) is 13.9. The second-order valence-corrected chi connectivity index (χ2v) is 9.40. The average molecular weight is 383 g/mol. The minimum Gasteiger partial charge on any atom is -0.312 e. The maximum absolute atomic E-state index is 12.6. The zero-order valence-electron chi connectivity index (χ0n) is 12.4. The quantitative estimate of drug-likeness (QED) is 0.750. The van der Waals surface area contributed by atoms with Gasteiger partial charge in [0.2, 0.25) is 10.0 Å². The molecule has 4 nitrogen and oxygen atoms in total. The van der Waals surface area contributed by atoms with E-state index in [0.29, 0.717) is 27.7 Å². The number of halogens is 1. The number of thiophene rings is 1. The van der Waals surface area contributed by atoms with E-state index in [4.69, 9.17) is 0 Å². The Bertz CT molecular complexity index is 528. The molecule has 1 rings (SSSR count). The summed E-state index contributed by atoms with van der Waals surface area (Å²) in [5.41, 5.74) is 0. The second kappa shape index (κ2) is 7.89. The van der Waals surface area contributed by atoms with Gasteiger partial charge in [0.15, 0.2) is 0 Å². The van der Waals surface area contributed by atoms with E-state index in [0.717, 1.165) is 17.8 Å². The SMILES string of the molecule is CCNCc1cc(S(=O)(=O)N(C)CC(C)CC)c(Br)s1. The summed E-state index contributed by atoms with van der Waals surface area (Å²) in [5, 5.41) is 3.21. The molecule has 0 spiro atoms. The first-order chi connectivity index (χ1) is 9.32. The lowest BCUT2D eigenvalue weighted by molar-refractivity contribution is 0.393. The van der Waals surface area contributed by atoms with E-state index in [9.17, 15) is 8.42 Å². The third-order valence-corrected chi connectivity index (χ3v) is 7.29. The van der Waals surface area contributed by atoms with Crippen molar-refractivity contribution in [1.29, 1.82) is 0 Å². The molecule has 0 aliphatic heterocycles. The summed E-state index contributed by atoms with van der Waals surface area (Å²) < 4.78 is 27.3. The number of nitrogens with one attached hydrogen (secondary N) is 1. The molecule has 0 radical (unpaired) electrons. The average Bonchev–Trinajstić information content (AvgIpc) is 2.77. The first-order valence-corrected chi connectivity index (χ1v) is 9.83. The van der Waals surface area contributed by atoms with Gasteiger partial charge in [-0.3, -0.25) is 0 Å². The van der Waals surface area contributed by atoms with Gasteiger partial charge in [-0.1, -0.05) is 27.2 Å². The largest absolute Gasteiger partial charge is 0.312 e. The van der Waals surface area contributed by atoms with E-state index in [2.05, 4.69) is 35.1 Å². The highest BCUT2D eigenvalue weighted by Crippen LogP contribution is 2.33. The van der Waals surface area contributed by atoms with Crippen molar-refractivity contribution in [3.63, 3.8) is 0 Å². The van der Waals surface area contributed by atoms with Crippen LogP contribution in [0.2, 0.25) is 0 Å². The van der Waals surface area contributed by atoms with Gasteiger partial charge >= 0.3 is 0 Å². The van der Waals surface area contributed by atoms with Crippen LogP contribution in [0, 0.1) is 5.92 Å². The molecule has 1 aromatic rings. The molecular weight excluding hydrogens is 360 g/mol. The molecule has 1 unspecified atom stereocenters. The van der Waals surface area contributed by atoms with Gasteiger partial charge in [-0.25, -0.2) is 12.7 Å². The van der Waals surface area contributed by atoms with Crippen LogP contribution >= 0.6 is 27.3 Å². The Hall–Kier alpha value is 0.0500. The number of nitrogens with zero attached hydrogens (tertiary/aromatic N) is 1. The Kier molecular flexibility index (Phi) is 7.14. The topological polar surface area (TPSA) is 49.4 Å². The molecule has 0 saturated heterocycles. The molecule has 116 valence electrons. The van der Waals surface area contributed by atoms with Crippen LogP contribution in [0.3, 0.4) is 0 Å². The maximum Gasteiger partial charge on any atom is 0.244 e. The number of rotatable bonds is 8. The molecule has 1 heterocycles. The van der Waals surface area contributed by atoms with Gasteiger partial charge in [0.25, 0.3) is 0 Å². The molecule has 0 aliphatic rings. The molecular formula is C13H23BrN2O2S2. The first-order valence-electron chi connectivity index (χ1n) is 6.78. The summed E-state index contributed by atoms with van der Waals surface area (Å²) in [6.45, 7) is 8.27. The third-order valence-electron chi connectivity index (χ3n) is 3.21. The van der Waals surface area contributed by atoms with Crippen molar-refractivity contribution < 1.29 is 8.42 Å². The maximum atomic E-state index is 12.6. The van der Waals surface area contributed by atoms with Crippen LogP contribution < -0.4 is 5.32 Å². The predicted molar refractivity (Wildman–Crippen MR) is 88.7 cm³/mol. The highest BCUT2D eigenvalue weighted by molar-refractivity contribution is 9.11. The molecule has 0 bridgehead atoms. The van der Waals surface area contributed by atoms with Crippen LogP contribution in [0.25, 0.3) is 0 Å². The molecule has 1 aromatic heterocycles. The molecule has 1 atom stereocenters. The van der Waals surface area contributed by atoms with E-state index in [-0.39, 0.29) is 0 Å². The second-order valence-electron chi connectivity index (χ2n) is 4.93. The summed E-state index contributed by atoms with van der Waals surface area (Å²) in [6, 6.07) is 1.76. The summed E-state index contributed by atoms with van der Waals surface area (Å²) in [4.78, 5) is 1.40. The first kappa shape index (κ1) is 18.1. The van der Waals surface area contributed by atoms with Gasteiger partial charge in [0.1, 0.15) is 4.90 Å². The predicted octanol–water partition coefficient (Wildman–Crippen LogP) is 3.29. The zero-order chi connectivity index (χ0) is 15.3. The van der Waals surface area contributed by atoms with Gasteiger partial charge < -0.3 is 5.32 Å². The fraction of sp³-hybridized carbons (Fsp3) is 0.692. The van der Waals surface area contributed by atoms with Crippen molar-refractivity contribution >= 4 is 37.3 Å². The molecule has 0 saturated carbocycles. The monoisotopic (exact) mass is 382 g/mol. The van der Waals surface area contributed by atoms with Crippen LogP contribution in [0.15, 0.2) is 14.7 Å². The molecule has 0 aromatic carbocycles. The van der Waals surface area contributed by atoms with Crippen LogP contribution in [0.1, 0.15) is 32.1 Å². The Morgan fingerprint density at radius 3 is 2.65 bits per heavy atom. The summed E-state index contributed by atoms with van der Waals surface area (Å²) in [5.74, 6) is 0.355. The molecule has 0 aliphatic carbocycles. The van der Waals surface area contributed by atoms with Crippen molar-refractivity contribution in [3.05, 3.63) is 14.7 Å². The number of sulfonamides is 1. The highest BCUT2D eigenvalue weighted by Gasteiger charge is 2.26. The van der Waals surface area contributed by atoms with Gasteiger partial charge in [-0.15, -0.1) is 11.3 Å². The summed E-state index contributed by atoms with van der Waals surface area (Å²) in [6.07, 6.45) is 0.969. The Morgan fingerprint density at radius 2 is 2.10 bits per heavy atom. The van der Waals surface area contributed by atoms with Gasteiger partial charge in [-0.2, -0.15) is 0 Å². The molecule has 0 fully saturated rings. The van der Waals surface area contributed by atoms with E-state index < -0.39 is 10.0 Å². The fourth-order valence-electron chi connectivity index (χ4n) is 1.74. The van der Waals surface area contributed by atoms with Crippen molar-refractivity contribution in [1.82, 2.24) is 9.62 Å². The Balaban J connectivity index is 2.94. The lowest BCUT2D eigenvalue weighted by Gasteiger charge is -2.20. The van der Waals surface area contributed by atoms with E-state index in [1.54, 1.807) is 13.1 Å². The fourth-order valence-corrected chi connectivity index (χ4v) is 5.63. The molecule has 7 heteroatoms. The molecule has 1 N–H and O–H groups in total. The minimum atomic E-state index is -3.41. The molecule has 0 amide bonds. The van der Waals surface area contributed by atoms with Crippen LogP contribution in [0.5, 0.6) is 0 Å². The third kappa shape index (κ3) is 4.53. The standard InChI is InChI=1S/C13H23BrN2O2S2/c1-5-10(3)9-16(4)20(17,18)12-7-11(8-15-6-2)19-13(12)14/h7,10,15H,5-6,8-9H2,1-4H3. The van der Waals surface area contributed by atoms with Crippen LogP contribution in [-0.2, 0) is 16.6 Å². The Morgan fingerprint density at radius 1 is 1.45 bits per heavy atom. The highest BCUT2D eigenvalue weighted by atomic mass is 79.9. The van der Waals surface area contributed by atoms with E-state index >= 15 is 0 Å². The van der Waals surface area contributed by atoms with Crippen LogP contribution in [0.4, 0.5) is 0 Å². The number of hydrogen-bond acceptors (Lipinski definition) is 4. The lowest BCUT2D eigenvalue weighted by atomic mass is 10.1. The van der Waals surface area contributed by atoms with Crippen molar-refractivity contribution in [3.8, 4) is 0 Å². The Labute approximate surface area is 134 Å². The van der Waals surface area contributed by atoms with Crippen LogP contribution in [-0.4, -0.2) is 32.9 Å². The van der Waals surface area contributed by atoms with Gasteiger partial charge in [-0.05, 0) is 34.5 Å². The lowest BCUT2D eigenvalue weighted by Crippen LogP contribution is -2.31. The van der Waals surface area contributed by atoms with Gasteiger partial charge in [0.05, 0.1) is 3.79 Å². The molecule has 20 heavy (non-hydrogen) atoms. The summed E-state index contributed by atoms with van der Waals surface area (Å²) >= 11 is 4.85. The van der Waals surface area contributed by atoms with E-state index in [1.807, 2.05) is 6.92 Å². The zero-order valence-corrected chi connectivity index (χ0v) is 15.7. The minimum absolute atomic E-state index is 0.355. The smallest absolute Gasteiger partial charge is 0.244 e. The van der Waals surface area contributed by atoms with Crippen molar-refractivity contribution in [2.45, 2.75) is 38.6 Å².